The minimum absolute atomic E-state index is 0.0331. The number of carbonyl (C=O) groups excluding carboxylic acids is 2. The maximum Gasteiger partial charge on any atom is 0.241 e. The van der Waals surface area contributed by atoms with Crippen molar-refractivity contribution in [3.63, 3.8) is 0 Å². The van der Waals surface area contributed by atoms with Gasteiger partial charge < -0.3 is 15.0 Å². The molecule has 0 aliphatic carbocycles. The van der Waals surface area contributed by atoms with Crippen LogP contribution in [0.1, 0.15) is 38.8 Å². The molecule has 2 N–H and O–H groups in total. The van der Waals surface area contributed by atoms with Crippen LogP contribution in [0, 0.1) is 5.92 Å². The first kappa shape index (κ1) is 24.7. The van der Waals surface area contributed by atoms with Crippen LogP contribution in [0.15, 0.2) is 47.4 Å². The van der Waals surface area contributed by atoms with Crippen LogP contribution in [0.3, 0.4) is 0 Å². The first-order chi connectivity index (χ1) is 15.5. The summed E-state index contributed by atoms with van der Waals surface area (Å²) in [6.07, 6.45) is 0.576. The molecule has 0 bridgehead atoms. The van der Waals surface area contributed by atoms with Crippen molar-refractivity contribution >= 4 is 27.5 Å². The summed E-state index contributed by atoms with van der Waals surface area (Å²) >= 11 is 0. The van der Waals surface area contributed by atoms with E-state index in [-0.39, 0.29) is 29.3 Å². The number of benzene rings is 2. The summed E-state index contributed by atoms with van der Waals surface area (Å²) in [5, 5.41) is 2.81. The number of methoxy groups -OCH3 is 1. The molecule has 0 spiro atoms. The minimum atomic E-state index is -3.95. The van der Waals surface area contributed by atoms with E-state index >= 15 is 0 Å². The number of amides is 2. The quantitative estimate of drug-likeness (QED) is 0.613. The fraction of sp³-hybridized carbons (Fsp3) is 0.417. The van der Waals surface area contributed by atoms with Crippen molar-refractivity contribution in [3.8, 4) is 5.75 Å². The van der Waals surface area contributed by atoms with Crippen LogP contribution >= 0.6 is 0 Å². The zero-order valence-electron chi connectivity index (χ0n) is 19.6. The summed E-state index contributed by atoms with van der Waals surface area (Å²) in [4.78, 5) is 26.5. The third-order valence-corrected chi connectivity index (χ3v) is 7.19. The van der Waals surface area contributed by atoms with Gasteiger partial charge in [-0.25, -0.2) is 8.42 Å². The third kappa shape index (κ3) is 5.54. The van der Waals surface area contributed by atoms with Crippen LogP contribution in [-0.4, -0.2) is 39.4 Å². The number of anilines is 1. The van der Waals surface area contributed by atoms with Gasteiger partial charge in [0, 0.05) is 25.2 Å². The number of ether oxygens (including phenoxy) is 1. The molecule has 2 amide bonds. The van der Waals surface area contributed by atoms with Gasteiger partial charge in [0.2, 0.25) is 21.8 Å². The minimum Gasteiger partial charge on any atom is -0.497 e. The van der Waals surface area contributed by atoms with Gasteiger partial charge in [-0.2, -0.15) is 4.72 Å². The van der Waals surface area contributed by atoms with Crippen molar-refractivity contribution in [3.05, 3.63) is 53.6 Å². The van der Waals surface area contributed by atoms with Crippen molar-refractivity contribution in [1.82, 2.24) is 10.0 Å². The normalized spacial score (nSPS) is 16.4. The first-order valence-electron chi connectivity index (χ1n) is 10.9. The van der Waals surface area contributed by atoms with Crippen molar-refractivity contribution in [2.24, 2.45) is 5.92 Å². The molecule has 2 aromatic carbocycles. The smallest absolute Gasteiger partial charge is 0.241 e. The summed E-state index contributed by atoms with van der Waals surface area (Å²) in [5.41, 5.74) is 2.37. The van der Waals surface area contributed by atoms with E-state index in [0.717, 1.165) is 16.8 Å². The fourth-order valence-electron chi connectivity index (χ4n) is 4.06. The van der Waals surface area contributed by atoms with Crippen molar-refractivity contribution in [1.29, 1.82) is 0 Å². The maximum atomic E-state index is 13.1. The van der Waals surface area contributed by atoms with Crippen LogP contribution in [0.2, 0.25) is 0 Å². The zero-order chi connectivity index (χ0) is 24.3. The van der Waals surface area contributed by atoms with E-state index in [4.69, 9.17) is 4.74 Å². The fourth-order valence-corrected chi connectivity index (χ4v) is 5.46. The summed E-state index contributed by atoms with van der Waals surface area (Å²) in [7, 11) is -2.39. The average molecular weight is 474 g/mol. The van der Waals surface area contributed by atoms with Gasteiger partial charge in [-0.05, 0) is 60.7 Å². The van der Waals surface area contributed by atoms with Gasteiger partial charge in [0.1, 0.15) is 11.8 Å². The Labute approximate surface area is 195 Å². The molecule has 0 saturated carbocycles. The lowest BCUT2D eigenvalue weighted by Gasteiger charge is -2.22. The lowest BCUT2D eigenvalue weighted by atomic mass is 10.0. The summed E-state index contributed by atoms with van der Waals surface area (Å²) < 4.78 is 34.0. The Bertz CT molecular complexity index is 1150. The van der Waals surface area contributed by atoms with Crippen molar-refractivity contribution in [2.45, 2.75) is 57.6 Å². The molecule has 33 heavy (non-hydrogen) atoms. The predicted molar refractivity (Wildman–Crippen MR) is 127 cm³/mol. The Kier molecular flexibility index (Phi) is 7.44. The number of nitrogens with zero attached hydrogens (tertiary/aromatic N) is 1. The third-order valence-electron chi connectivity index (χ3n) is 5.75. The van der Waals surface area contributed by atoms with Crippen LogP contribution < -0.4 is 19.7 Å². The molecule has 0 unspecified atom stereocenters. The maximum absolute atomic E-state index is 13.1. The highest BCUT2D eigenvalue weighted by atomic mass is 32.2. The number of sulfonamides is 1. The molecule has 0 fully saturated rings. The molecule has 2 atom stereocenters. The Morgan fingerprint density at radius 3 is 2.55 bits per heavy atom. The van der Waals surface area contributed by atoms with Gasteiger partial charge in [0.05, 0.1) is 12.0 Å². The van der Waals surface area contributed by atoms with Gasteiger partial charge in [-0.15, -0.1) is 0 Å². The van der Waals surface area contributed by atoms with Gasteiger partial charge in [-0.3, -0.25) is 9.59 Å². The molecule has 1 heterocycles. The van der Waals surface area contributed by atoms with Gasteiger partial charge >= 0.3 is 0 Å². The molecule has 3 rings (SSSR count). The van der Waals surface area contributed by atoms with E-state index < -0.39 is 22.0 Å². The topological polar surface area (TPSA) is 105 Å². The standard InChI is InChI=1S/C24H31N3O5S/c1-15(2)23(24(29)25-14-18-7-6-8-20(12-18)32-5)26-33(30,31)21-9-10-22-19(13-21)11-16(3)27(22)17(4)28/h6-10,12-13,15-16,23,26H,11,14H2,1-5H3,(H,25,29)/t16-,23-/m1/s1. The Morgan fingerprint density at radius 2 is 1.91 bits per heavy atom. The number of hydrogen-bond donors (Lipinski definition) is 2. The van der Waals surface area contributed by atoms with E-state index in [2.05, 4.69) is 10.0 Å². The van der Waals surface area contributed by atoms with E-state index in [1.807, 2.05) is 31.2 Å². The van der Waals surface area contributed by atoms with Crippen LogP contribution in [0.5, 0.6) is 5.75 Å². The van der Waals surface area contributed by atoms with Crippen LogP contribution in [0.25, 0.3) is 0 Å². The molecule has 178 valence electrons. The summed E-state index contributed by atoms with van der Waals surface area (Å²) in [5.74, 6) is -0.0821. The highest BCUT2D eigenvalue weighted by Gasteiger charge is 2.32. The second-order valence-corrected chi connectivity index (χ2v) is 10.4. The van der Waals surface area contributed by atoms with E-state index in [0.29, 0.717) is 12.2 Å². The predicted octanol–water partition coefficient (Wildman–Crippen LogP) is 2.61. The Hall–Kier alpha value is -2.91. The SMILES string of the molecule is COc1cccc(CNC(=O)[C@H](NS(=O)(=O)c2ccc3c(c2)C[C@@H](C)N3C(C)=O)C(C)C)c1. The first-order valence-corrected chi connectivity index (χ1v) is 12.4. The number of carbonyl (C=O) groups is 2. The molecular weight excluding hydrogens is 442 g/mol. The molecule has 0 radical (unpaired) electrons. The number of nitrogens with one attached hydrogen (secondary N) is 2. The molecule has 0 aromatic heterocycles. The molecular formula is C24H31N3O5S. The second kappa shape index (κ2) is 9.93. The number of fused-ring (bicyclic) bond motifs is 1. The summed E-state index contributed by atoms with van der Waals surface area (Å²) in [6.45, 7) is 7.24. The van der Waals surface area contributed by atoms with Crippen molar-refractivity contribution < 1.29 is 22.7 Å². The second-order valence-electron chi connectivity index (χ2n) is 8.64. The molecule has 1 aliphatic rings. The number of hydrogen-bond acceptors (Lipinski definition) is 5. The molecule has 9 heteroatoms. The average Bonchev–Trinajstić information content (AvgIpc) is 3.10. The summed E-state index contributed by atoms with van der Waals surface area (Å²) in [6, 6.07) is 11.0. The highest BCUT2D eigenvalue weighted by molar-refractivity contribution is 7.89. The monoisotopic (exact) mass is 473 g/mol. The lowest BCUT2D eigenvalue weighted by molar-refractivity contribution is -0.123. The van der Waals surface area contributed by atoms with E-state index in [1.165, 1.54) is 13.0 Å². The van der Waals surface area contributed by atoms with E-state index in [1.54, 1.807) is 38.0 Å². The molecule has 8 nitrogen and oxygen atoms in total. The molecule has 1 aliphatic heterocycles. The van der Waals surface area contributed by atoms with E-state index in [9.17, 15) is 18.0 Å². The highest BCUT2D eigenvalue weighted by Crippen LogP contribution is 2.34. The van der Waals surface area contributed by atoms with Gasteiger partial charge in [-0.1, -0.05) is 26.0 Å². The van der Waals surface area contributed by atoms with Crippen LogP contribution in [-0.2, 0) is 32.6 Å². The van der Waals surface area contributed by atoms with Gasteiger partial charge in [0.25, 0.3) is 0 Å². The Morgan fingerprint density at radius 1 is 1.18 bits per heavy atom. The molecule has 0 saturated heterocycles. The Balaban J connectivity index is 1.75. The zero-order valence-corrected chi connectivity index (χ0v) is 20.4. The lowest BCUT2D eigenvalue weighted by Crippen LogP contribution is -2.49. The molecule has 2 aromatic rings. The van der Waals surface area contributed by atoms with Crippen LogP contribution in [0.4, 0.5) is 5.69 Å². The van der Waals surface area contributed by atoms with Crippen molar-refractivity contribution in [2.75, 3.05) is 12.0 Å². The van der Waals surface area contributed by atoms with Gasteiger partial charge in [0.15, 0.2) is 0 Å². The number of rotatable bonds is 8. The largest absolute Gasteiger partial charge is 0.497 e.